The Bertz CT molecular complexity index is 1260. The minimum absolute atomic E-state index is 0.134. The number of anilines is 1. The summed E-state index contributed by atoms with van der Waals surface area (Å²) in [5.41, 5.74) is 14.8. The number of phenolic OH excluding ortho intramolecular Hbond substituents is 1. The molecular formula is C18H19ClFN9O3S. The number of aromatic hydroxyl groups is 1. The van der Waals surface area contributed by atoms with Crippen molar-refractivity contribution in [3.63, 3.8) is 0 Å². The molecule has 174 valence electrons. The van der Waals surface area contributed by atoms with Gasteiger partial charge < -0.3 is 22.3 Å². The molecule has 0 heterocycles. The predicted octanol–water partition coefficient (Wildman–Crippen LogP) is 1.11. The van der Waals surface area contributed by atoms with Crippen molar-refractivity contribution in [2.24, 2.45) is 27.2 Å². The fraction of sp³-hybridized carbons (Fsp3) is 0.111. The number of nitrogens with two attached hydrogens (primary N) is 3. The maximum atomic E-state index is 13.7. The van der Waals surface area contributed by atoms with Crippen LogP contribution in [0.3, 0.4) is 0 Å². The molecule has 0 atom stereocenters. The van der Waals surface area contributed by atoms with Crippen LogP contribution in [0.5, 0.6) is 5.75 Å². The minimum atomic E-state index is -4.12. The number of hydrogen-bond acceptors (Lipinski definition) is 7. The highest BCUT2D eigenvalue weighted by Gasteiger charge is 2.29. The number of benzene rings is 2. The number of nitriles is 2. The van der Waals surface area contributed by atoms with Crippen LogP contribution in [0.15, 0.2) is 51.3 Å². The number of sulfonamides is 1. The third-order valence-corrected chi connectivity index (χ3v) is 5.95. The molecular weight excluding hydrogens is 477 g/mol. The fourth-order valence-corrected chi connectivity index (χ4v) is 3.62. The zero-order valence-corrected chi connectivity index (χ0v) is 18.9. The topological polar surface area (TPSA) is 211 Å². The lowest BCUT2D eigenvalue weighted by Crippen LogP contribution is -2.33. The van der Waals surface area contributed by atoms with Crippen molar-refractivity contribution in [3.8, 4) is 18.1 Å². The van der Waals surface area contributed by atoms with Gasteiger partial charge in [0.1, 0.15) is 22.1 Å². The van der Waals surface area contributed by atoms with Gasteiger partial charge in [-0.1, -0.05) is 23.7 Å². The average Bonchev–Trinajstić information content (AvgIpc) is 2.72. The van der Waals surface area contributed by atoms with Crippen molar-refractivity contribution in [2.45, 2.75) is 4.90 Å². The SMILES string of the molecule is CN(C)S(=O)(=O)c1c(Cl)ccc(N(C#N)C(N)=Nc2ccccc2F)c1O.N#CN=C(N)N. The smallest absolute Gasteiger partial charge is 0.247 e. The molecule has 0 aliphatic heterocycles. The Morgan fingerprint density at radius 3 is 2.21 bits per heavy atom. The van der Waals surface area contributed by atoms with Crippen LogP contribution >= 0.6 is 11.6 Å². The number of halogens is 2. The summed E-state index contributed by atoms with van der Waals surface area (Å²) in [4.78, 5) is 6.79. The van der Waals surface area contributed by atoms with E-state index in [9.17, 15) is 23.2 Å². The Labute approximate surface area is 194 Å². The van der Waals surface area contributed by atoms with Gasteiger partial charge in [0.2, 0.25) is 28.1 Å². The quantitative estimate of drug-likeness (QED) is 0.206. The van der Waals surface area contributed by atoms with Crippen molar-refractivity contribution in [3.05, 3.63) is 47.2 Å². The first kappa shape index (κ1) is 26.9. The van der Waals surface area contributed by atoms with Gasteiger partial charge in [-0.05, 0) is 24.3 Å². The van der Waals surface area contributed by atoms with Crippen LogP contribution in [0.25, 0.3) is 0 Å². The van der Waals surface area contributed by atoms with Gasteiger partial charge in [0, 0.05) is 14.1 Å². The van der Waals surface area contributed by atoms with Crippen molar-refractivity contribution in [1.82, 2.24) is 4.31 Å². The first-order valence-corrected chi connectivity index (χ1v) is 10.4. The number of para-hydroxylation sites is 1. The molecule has 7 N–H and O–H groups in total. The standard InChI is InChI=1S/C16H15ClFN5O3S.C2H4N4/c1-22(2)27(25,26)15-10(17)7-8-13(14(15)24)23(9-19)16(20)21-12-6-4-3-5-11(12)18;3-1-6-2(4)5/h3-8,24H,1-2H3,(H2,20,21);(H4,4,5,6). The Morgan fingerprint density at radius 2 is 1.76 bits per heavy atom. The molecule has 0 saturated heterocycles. The van der Waals surface area contributed by atoms with Crippen LogP contribution in [0.1, 0.15) is 0 Å². The highest BCUT2D eigenvalue weighted by atomic mass is 35.5. The lowest BCUT2D eigenvalue weighted by molar-refractivity contribution is 0.454. The molecule has 0 fully saturated rings. The van der Waals surface area contributed by atoms with Gasteiger partial charge in [0.25, 0.3) is 0 Å². The monoisotopic (exact) mass is 495 g/mol. The molecule has 2 aromatic rings. The third kappa shape index (κ3) is 6.68. The summed E-state index contributed by atoms with van der Waals surface area (Å²) in [6.45, 7) is 0. The average molecular weight is 496 g/mol. The van der Waals surface area contributed by atoms with Crippen LogP contribution in [0.4, 0.5) is 15.8 Å². The lowest BCUT2D eigenvalue weighted by Gasteiger charge is -2.20. The largest absolute Gasteiger partial charge is 0.504 e. The van der Waals surface area contributed by atoms with Gasteiger partial charge in [-0.3, -0.25) is 0 Å². The normalized spacial score (nSPS) is 10.9. The summed E-state index contributed by atoms with van der Waals surface area (Å²) >= 11 is 5.93. The molecule has 12 nitrogen and oxygen atoms in total. The van der Waals surface area contributed by atoms with Crippen LogP contribution in [0.2, 0.25) is 5.02 Å². The molecule has 0 aromatic heterocycles. The van der Waals surface area contributed by atoms with Gasteiger partial charge in [-0.25, -0.2) is 27.0 Å². The van der Waals surface area contributed by atoms with Crippen LogP contribution in [-0.4, -0.2) is 43.8 Å². The maximum Gasteiger partial charge on any atom is 0.247 e. The summed E-state index contributed by atoms with van der Waals surface area (Å²) in [6, 6.07) is 7.85. The molecule has 0 saturated carbocycles. The van der Waals surface area contributed by atoms with Gasteiger partial charge in [0.15, 0.2) is 11.9 Å². The summed E-state index contributed by atoms with van der Waals surface area (Å²) in [6.07, 6.45) is 3.07. The van der Waals surface area contributed by atoms with E-state index in [4.69, 9.17) is 34.1 Å². The highest BCUT2D eigenvalue weighted by molar-refractivity contribution is 7.89. The summed E-state index contributed by atoms with van der Waals surface area (Å²) < 4.78 is 39.4. The van der Waals surface area contributed by atoms with E-state index in [0.29, 0.717) is 4.90 Å². The van der Waals surface area contributed by atoms with Gasteiger partial charge in [0.05, 0.1) is 5.02 Å². The lowest BCUT2D eigenvalue weighted by atomic mass is 10.2. The molecule has 0 aliphatic carbocycles. The van der Waals surface area contributed by atoms with E-state index in [1.165, 1.54) is 50.6 Å². The Kier molecular flexibility index (Phi) is 9.38. The molecule has 0 unspecified atom stereocenters. The molecule has 0 radical (unpaired) electrons. The highest BCUT2D eigenvalue weighted by Crippen LogP contribution is 2.39. The molecule has 0 bridgehead atoms. The second-order valence-electron chi connectivity index (χ2n) is 6.03. The van der Waals surface area contributed by atoms with E-state index in [2.05, 4.69) is 9.98 Å². The van der Waals surface area contributed by atoms with Crippen LogP contribution < -0.4 is 22.1 Å². The molecule has 2 aromatic carbocycles. The fourth-order valence-electron chi connectivity index (χ4n) is 2.15. The number of rotatable bonds is 4. The zero-order valence-electron chi connectivity index (χ0n) is 17.3. The van der Waals surface area contributed by atoms with E-state index >= 15 is 0 Å². The third-order valence-electron chi connectivity index (χ3n) is 3.64. The van der Waals surface area contributed by atoms with E-state index in [-0.39, 0.29) is 22.4 Å². The van der Waals surface area contributed by atoms with E-state index in [0.717, 1.165) is 10.4 Å². The maximum absolute atomic E-state index is 13.7. The van der Waals surface area contributed by atoms with Crippen molar-refractivity contribution in [2.75, 3.05) is 19.0 Å². The Hall–Kier alpha value is -4.11. The van der Waals surface area contributed by atoms with Gasteiger partial charge in [-0.2, -0.15) is 10.5 Å². The minimum Gasteiger partial charge on any atom is -0.504 e. The van der Waals surface area contributed by atoms with Crippen molar-refractivity contribution in [1.29, 1.82) is 10.5 Å². The number of guanidine groups is 2. The van der Waals surface area contributed by atoms with Crippen LogP contribution in [0, 0.1) is 28.7 Å². The Balaban J connectivity index is 0.000000801. The molecule has 0 amide bonds. The van der Waals surface area contributed by atoms with E-state index in [1.54, 1.807) is 6.19 Å². The zero-order chi connectivity index (χ0) is 25.3. The molecule has 0 spiro atoms. The van der Waals surface area contributed by atoms with E-state index in [1.807, 2.05) is 0 Å². The second kappa shape index (κ2) is 11.5. The number of aliphatic imine (C=N–C) groups is 2. The first-order chi connectivity index (χ1) is 15.4. The second-order valence-corrected chi connectivity index (χ2v) is 8.52. The summed E-state index contributed by atoms with van der Waals surface area (Å²) in [7, 11) is -1.60. The van der Waals surface area contributed by atoms with E-state index < -0.39 is 32.4 Å². The van der Waals surface area contributed by atoms with Gasteiger partial charge in [-0.15, -0.1) is 4.99 Å². The summed E-state index contributed by atoms with van der Waals surface area (Å²) in [5, 5.41) is 27.3. The molecule has 2 rings (SSSR count). The van der Waals surface area contributed by atoms with Crippen molar-refractivity contribution >= 4 is 44.9 Å². The molecule has 0 aliphatic rings. The van der Waals surface area contributed by atoms with Crippen LogP contribution in [-0.2, 0) is 10.0 Å². The number of hydrogen-bond donors (Lipinski definition) is 4. The molecule has 15 heteroatoms. The first-order valence-electron chi connectivity index (χ1n) is 8.58. The summed E-state index contributed by atoms with van der Waals surface area (Å²) in [5.74, 6) is -2.13. The van der Waals surface area contributed by atoms with Gasteiger partial charge >= 0.3 is 0 Å². The van der Waals surface area contributed by atoms with Crippen molar-refractivity contribution < 1.29 is 17.9 Å². The number of nitrogens with zero attached hydrogens (tertiary/aromatic N) is 6. The molecule has 33 heavy (non-hydrogen) atoms. The Morgan fingerprint density at radius 1 is 1.15 bits per heavy atom. The predicted molar refractivity (Wildman–Crippen MR) is 121 cm³/mol. The number of phenols is 1.